The van der Waals surface area contributed by atoms with E-state index in [4.69, 9.17) is 33.8 Å². The van der Waals surface area contributed by atoms with Crippen molar-refractivity contribution in [2.45, 2.75) is 79.3 Å². The van der Waals surface area contributed by atoms with E-state index in [0.29, 0.717) is 24.0 Å². The lowest BCUT2D eigenvalue weighted by atomic mass is 10.0. The van der Waals surface area contributed by atoms with Crippen molar-refractivity contribution in [1.82, 2.24) is 0 Å². The number of hydrogen-bond acceptors (Lipinski definition) is 9. The van der Waals surface area contributed by atoms with Crippen molar-refractivity contribution in [3.05, 3.63) is 119 Å². The van der Waals surface area contributed by atoms with Crippen LogP contribution in [0, 0.1) is 24.0 Å². The average Bonchev–Trinajstić information content (AvgIpc) is 3.22. The summed E-state index contributed by atoms with van der Waals surface area (Å²) in [5, 5.41) is 8.23. The lowest BCUT2D eigenvalue weighted by Crippen LogP contribution is -2.24. The fraction of sp³-hybridized carbons (Fsp3) is 0.354. The molecule has 5 aromatic rings. The Hall–Kier alpha value is -5.79. The first-order chi connectivity index (χ1) is 29.4. The predicted octanol–water partition coefficient (Wildman–Crippen LogP) is 12.2. The van der Waals surface area contributed by atoms with Gasteiger partial charge in [0.25, 0.3) is 0 Å². The van der Waals surface area contributed by atoms with Gasteiger partial charge in [-0.15, -0.1) is 0 Å². The number of rotatable bonds is 18. The SMILES string of the molecule is C1COC1.CC.CCCOCCCCCCOc1ccc(C(=O)Oc2c(C=N)cc(OC(F)(F)c3ccc(-c4ccc(OC(C)=O)cc4)c(F)c3F)c3ccccc23)cc1C. The lowest BCUT2D eigenvalue weighted by Gasteiger charge is -2.22. The number of alkyl halides is 2. The molecular formula is C48H53F4NO8. The van der Waals surface area contributed by atoms with Gasteiger partial charge in [-0.1, -0.05) is 69.7 Å². The Kier molecular flexibility index (Phi) is 18.7. The highest BCUT2D eigenvalue weighted by Crippen LogP contribution is 2.42. The minimum Gasteiger partial charge on any atom is -0.493 e. The van der Waals surface area contributed by atoms with Crippen molar-refractivity contribution in [2.24, 2.45) is 0 Å². The molecule has 0 unspecified atom stereocenters. The number of unbranched alkanes of at least 4 members (excludes halogenated alkanes) is 3. The van der Waals surface area contributed by atoms with Gasteiger partial charge in [-0.05, 0) is 92.6 Å². The van der Waals surface area contributed by atoms with Crippen LogP contribution in [0.5, 0.6) is 23.0 Å². The second-order valence-corrected chi connectivity index (χ2v) is 13.7. The molecule has 1 fully saturated rings. The Morgan fingerprint density at radius 3 is 2.07 bits per heavy atom. The molecule has 1 saturated heterocycles. The molecule has 5 aromatic carbocycles. The second-order valence-electron chi connectivity index (χ2n) is 13.7. The summed E-state index contributed by atoms with van der Waals surface area (Å²) in [6.45, 7) is 13.1. The number of carbonyl (C=O) groups excluding carboxylic acids is 2. The molecule has 9 nitrogen and oxygen atoms in total. The molecule has 326 valence electrons. The van der Waals surface area contributed by atoms with Gasteiger partial charge in [0.15, 0.2) is 11.6 Å². The molecule has 0 spiro atoms. The molecule has 0 amide bonds. The Balaban J connectivity index is 0.00000127. The van der Waals surface area contributed by atoms with Gasteiger partial charge in [0.05, 0.1) is 12.2 Å². The van der Waals surface area contributed by atoms with Crippen molar-refractivity contribution in [3.8, 4) is 34.1 Å². The summed E-state index contributed by atoms with van der Waals surface area (Å²) in [4.78, 5) is 24.6. The van der Waals surface area contributed by atoms with E-state index in [9.17, 15) is 9.59 Å². The molecule has 1 heterocycles. The number of fused-ring (bicyclic) bond motifs is 1. The van der Waals surface area contributed by atoms with Gasteiger partial charge in [0.1, 0.15) is 28.6 Å². The highest BCUT2D eigenvalue weighted by Gasteiger charge is 2.40. The van der Waals surface area contributed by atoms with E-state index < -0.39 is 41.0 Å². The number of hydrogen-bond donors (Lipinski definition) is 1. The fourth-order valence-electron chi connectivity index (χ4n) is 6.02. The van der Waals surface area contributed by atoms with E-state index >= 15 is 17.6 Å². The van der Waals surface area contributed by atoms with Crippen molar-refractivity contribution >= 4 is 28.9 Å². The topological polar surface area (TPSA) is 113 Å². The third-order valence-corrected chi connectivity index (χ3v) is 9.17. The van der Waals surface area contributed by atoms with Gasteiger partial charge in [0, 0.05) is 61.5 Å². The van der Waals surface area contributed by atoms with Gasteiger partial charge in [-0.3, -0.25) is 4.79 Å². The molecule has 0 aromatic heterocycles. The maximum absolute atomic E-state index is 15.7. The maximum Gasteiger partial charge on any atom is 0.429 e. The zero-order valence-corrected chi connectivity index (χ0v) is 35.2. The molecule has 6 rings (SSSR count). The molecule has 61 heavy (non-hydrogen) atoms. The number of nitrogens with one attached hydrogen (secondary N) is 1. The van der Waals surface area contributed by atoms with E-state index in [0.717, 1.165) is 76.9 Å². The van der Waals surface area contributed by atoms with Crippen LogP contribution >= 0.6 is 0 Å². The standard InChI is InChI=1S/C43H41F4NO7.C3H6O.C2H6/c1-4-21-51-22-9-5-6-10-23-52-37-20-15-30(24-27(37)2)42(50)54-41-31(26-48)25-38(34-11-7-8-12-35(34)41)55-43(46,47)36-19-18-33(39(44)40(36)45)29-13-16-32(17-14-29)53-28(3)49;1-2-4-3-1;1-2/h7-8,11-20,24-26,48H,4-6,9-10,21-23H2,1-3H3;1-3H2;1-2H3. The first kappa shape index (κ1) is 47.9. The van der Waals surface area contributed by atoms with E-state index in [-0.39, 0.29) is 44.5 Å². The van der Waals surface area contributed by atoms with Crippen LogP contribution in [0.2, 0.25) is 0 Å². The number of ether oxygens (including phenoxy) is 6. The molecule has 1 aliphatic heterocycles. The molecule has 1 aliphatic rings. The zero-order chi connectivity index (χ0) is 44.4. The summed E-state index contributed by atoms with van der Waals surface area (Å²) < 4.78 is 93.9. The minimum absolute atomic E-state index is 0.0642. The Morgan fingerprint density at radius 2 is 1.46 bits per heavy atom. The number of benzene rings is 5. The Labute approximate surface area is 354 Å². The normalized spacial score (nSPS) is 11.9. The quantitative estimate of drug-likeness (QED) is 0.0305. The van der Waals surface area contributed by atoms with Gasteiger partial charge in [-0.2, -0.15) is 8.78 Å². The number of esters is 2. The number of carbonyl (C=O) groups is 2. The van der Waals surface area contributed by atoms with Crippen LogP contribution in [0.15, 0.2) is 84.9 Å². The predicted molar refractivity (Wildman–Crippen MR) is 227 cm³/mol. The van der Waals surface area contributed by atoms with Crippen LogP contribution in [0.25, 0.3) is 21.9 Å². The van der Waals surface area contributed by atoms with Crippen molar-refractivity contribution < 1.29 is 55.6 Å². The van der Waals surface area contributed by atoms with Gasteiger partial charge in [-0.25, -0.2) is 13.6 Å². The molecule has 1 N–H and O–H groups in total. The summed E-state index contributed by atoms with van der Waals surface area (Å²) in [5.74, 6) is -4.45. The largest absolute Gasteiger partial charge is 0.493 e. The number of aryl methyl sites for hydroxylation is 1. The highest BCUT2D eigenvalue weighted by molar-refractivity contribution is 6.03. The molecule has 0 atom stereocenters. The second kappa shape index (κ2) is 23.9. The van der Waals surface area contributed by atoms with Crippen LogP contribution in [0.1, 0.15) is 93.3 Å². The summed E-state index contributed by atoms with van der Waals surface area (Å²) in [5.41, 5.74) is -0.687. The van der Waals surface area contributed by atoms with E-state index in [1.807, 2.05) is 13.8 Å². The Bertz CT molecular complexity index is 2220. The van der Waals surface area contributed by atoms with E-state index in [1.165, 1.54) is 55.8 Å². The van der Waals surface area contributed by atoms with Crippen molar-refractivity contribution in [3.63, 3.8) is 0 Å². The van der Waals surface area contributed by atoms with Gasteiger partial charge >= 0.3 is 18.0 Å². The molecular weight excluding hydrogens is 795 g/mol. The first-order valence-electron chi connectivity index (χ1n) is 20.4. The summed E-state index contributed by atoms with van der Waals surface area (Å²) in [7, 11) is 0. The van der Waals surface area contributed by atoms with Crippen LogP contribution in [-0.4, -0.2) is 51.2 Å². The van der Waals surface area contributed by atoms with Crippen LogP contribution < -0.4 is 18.9 Å². The van der Waals surface area contributed by atoms with Gasteiger partial charge in [0.2, 0.25) is 0 Å². The highest BCUT2D eigenvalue weighted by atomic mass is 19.3. The maximum atomic E-state index is 15.7. The molecule has 0 aliphatic carbocycles. The zero-order valence-electron chi connectivity index (χ0n) is 35.2. The van der Waals surface area contributed by atoms with Gasteiger partial charge < -0.3 is 33.8 Å². The van der Waals surface area contributed by atoms with E-state index in [2.05, 4.69) is 6.92 Å². The molecule has 0 bridgehead atoms. The summed E-state index contributed by atoms with van der Waals surface area (Å²) in [6, 6.07) is 19.1. The summed E-state index contributed by atoms with van der Waals surface area (Å²) >= 11 is 0. The summed E-state index contributed by atoms with van der Waals surface area (Å²) in [6.07, 6.45) is 2.63. The van der Waals surface area contributed by atoms with Crippen LogP contribution in [0.4, 0.5) is 17.6 Å². The third-order valence-electron chi connectivity index (χ3n) is 9.17. The minimum atomic E-state index is -4.38. The average molecular weight is 848 g/mol. The number of halogens is 4. The van der Waals surface area contributed by atoms with Crippen molar-refractivity contribution in [1.29, 1.82) is 5.41 Å². The van der Waals surface area contributed by atoms with Crippen LogP contribution in [0.3, 0.4) is 0 Å². The van der Waals surface area contributed by atoms with Crippen molar-refractivity contribution in [2.75, 3.05) is 33.0 Å². The lowest BCUT2D eigenvalue weighted by molar-refractivity contribution is -0.187. The molecule has 0 radical (unpaired) electrons. The molecule has 0 saturated carbocycles. The van der Waals surface area contributed by atoms with E-state index in [1.54, 1.807) is 31.2 Å². The smallest absolute Gasteiger partial charge is 0.429 e. The van der Waals surface area contributed by atoms with Crippen LogP contribution in [-0.2, 0) is 20.4 Å². The molecule has 13 heteroatoms. The fourth-order valence-corrected chi connectivity index (χ4v) is 6.02. The Morgan fingerprint density at radius 1 is 0.803 bits per heavy atom. The first-order valence-corrected chi connectivity index (χ1v) is 20.4. The monoisotopic (exact) mass is 847 g/mol. The third kappa shape index (κ3) is 13.3.